The van der Waals surface area contributed by atoms with Crippen molar-refractivity contribution in [2.45, 2.75) is 89.7 Å². The Kier molecular flexibility index (Phi) is 54.0. The van der Waals surface area contributed by atoms with Crippen LogP contribution in [0.2, 0.25) is 0 Å². The molecule has 723 valence electrons. The summed E-state index contributed by atoms with van der Waals surface area (Å²) in [5, 5.41) is 56.5. The molecular weight excluding hydrogens is 2650 g/mol. The monoisotopic (exact) mass is 2750 g/mol. The van der Waals surface area contributed by atoms with Gasteiger partial charge in [-0.3, -0.25) is 62.1 Å². The first-order valence-electron chi connectivity index (χ1n) is 42.2. The summed E-state index contributed by atoms with van der Waals surface area (Å²) in [6.07, 6.45) is 5.83. The number of halogens is 3. The number of para-hydroxylation sites is 5. The molecule has 0 bridgehead atoms. The fourth-order valence-electron chi connectivity index (χ4n) is 13.0. The Hall–Kier alpha value is -13.3. The van der Waals surface area contributed by atoms with Gasteiger partial charge in [0, 0.05) is 159 Å². The van der Waals surface area contributed by atoms with Crippen LogP contribution in [-0.2, 0) is 131 Å². The van der Waals surface area contributed by atoms with E-state index in [1.54, 1.807) is 12.1 Å². The van der Waals surface area contributed by atoms with Gasteiger partial charge in [-0.2, -0.15) is 0 Å². The number of hydrogen-bond acceptors (Lipinski definition) is 16. The minimum absolute atomic E-state index is 0. The molecule has 0 aliphatic carbocycles. The molecule has 6 N–H and O–H groups in total. The molecule has 5 aromatic heterocycles. The van der Waals surface area contributed by atoms with Crippen molar-refractivity contribution >= 4 is 83.4 Å². The molecule has 0 amide bonds. The largest absolute Gasteiger partial charge is 0.512 e. The number of aliphatic hydroxyl groups is 6. The van der Waals surface area contributed by atoms with Gasteiger partial charge in [-0.05, 0) is 166 Å². The summed E-state index contributed by atoms with van der Waals surface area (Å²) in [6.45, 7) is 18.5. The third-order valence-corrected chi connectivity index (χ3v) is 18.6. The molecule has 5 radical (unpaired) electrons. The number of fused-ring (bicyclic) bond motifs is 5. The number of rotatable bonds is 13. The third-order valence-electron chi connectivity index (χ3n) is 18.6. The summed E-state index contributed by atoms with van der Waals surface area (Å²) >= 11 is 0. The number of benzene rings is 12. The number of carbonyl (C=O) groups is 5. The number of allylic oxidation sites excluding steroid dienone is 10. The van der Waals surface area contributed by atoms with Gasteiger partial charge >= 0.3 is 0 Å². The molecule has 0 aliphatic heterocycles. The zero-order chi connectivity index (χ0) is 97.2. The fourth-order valence-corrected chi connectivity index (χ4v) is 13.0. The van der Waals surface area contributed by atoms with E-state index in [1.807, 2.05) is 200 Å². The van der Waals surface area contributed by atoms with Crippen molar-refractivity contribution in [3.63, 3.8) is 0 Å². The molecule has 17 rings (SSSR count). The van der Waals surface area contributed by atoms with E-state index >= 15 is 0 Å². The number of hydrogen-bond donors (Lipinski definition) is 6. The van der Waals surface area contributed by atoms with E-state index in [4.69, 9.17) is 35.6 Å². The SMILES string of the molecule is CC(=O)C=C(C)O.CC(=O)C=C(C)O.CC(=O)C=C(C)O.CC(=O)C=C(C)O.CC(=O)C=C(C)O.Cc1ccc[c-]c1-c1cc(-c2ccccc2)c2ccccc2n1.Cc1ccc[c-]c1-c1ccc2ccccc2n1.Fc1c[c-]c(-c2cc(-c3ccccc3)c3ccccc3n2)c(F)c1.Fc1ccc[c-]c1-c1ccc2ccccc2n1.OCc1cc[c-]c(-c2ccc3ccccc3n2)c1.[Ir].[Ir].[Ir].[Ir].[Ir]. The molecule has 5 heterocycles. The van der Waals surface area contributed by atoms with Gasteiger partial charge in [0.25, 0.3) is 0 Å². The maximum Gasteiger partial charge on any atom is 0.155 e. The Morgan fingerprint density at radius 2 is 0.604 bits per heavy atom. The molecule has 0 atom stereocenters. The first-order valence-corrected chi connectivity index (χ1v) is 42.2. The van der Waals surface area contributed by atoms with E-state index in [0.29, 0.717) is 17.0 Å². The average molecular weight is 2750 g/mol. The Labute approximate surface area is 876 Å². The summed E-state index contributed by atoms with van der Waals surface area (Å²) in [6, 6.07) is 116. The number of nitrogens with zero attached hydrogens (tertiary/aromatic N) is 5. The van der Waals surface area contributed by atoms with Gasteiger partial charge in [-0.1, -0.05) is 231 Å². The summed E-state index contributed by atoms with van der Waals surface area (Å²) in [5.41, 5.74) is 19.8. The summed E-state index contributed by atoms with van der Waals surface area (Å²) in [5.74, 6) is -1.93. The second-order valence-corrected chi connectivity index (χ2v) is 30.2. The second-order valence-electron chi connectivity index (χ2n) is 30.2. The number of carbonyl (C=O) groups excluding carboxylic acids is 5. The maximum atomic E-state index is 14.2. The molecule has 139 heavy (non-hydrogen) atoms. The third kappa shape index (κ3) is 40.8. The topological polar surface area (TPSA) is 271 Å². The molecule has 24 heteroatoms. The number of pyridine rings is 5. The van der Waals surface area contributed by atoms with Gasteiger partial charge in [-0.15, -0.1) is 143 Å². The summed E-state index contributed by atoms with van der Waals surface area (Å²) in [4.78, 5) is 73.2. The van der Waals surface area contributed by atoms with Crippen LogP contribution in [-0.4, -0.2) is 84.5 Å². The van der Waals surface area contributed by atoms with Crippen molar-refractivity contribution in [3.8, 4) is 78.5 Å². The van der Waals surface area contributed by atoms with Gasteiger partial charge in [-0.25, -0.2) is 0 Å². The van der Waals surface area contributed by atoms with Crippen LogP contribution in [0.3, 0.4) is 0 Å². The van der Waals surface area contributed by atoms with Crippen LogP contribution >= 0.6 is 0 Å². The molecule has 12 aromatic carbocycles. The Balaban J connectivity index is 0.000000410. The van der Waals surface area contributed by atoms with Crippen molar-refractivity contribution in [1.29, 1.82) is 0 Å². The minimum Gasteiger partial charge on any atom is -0.512 e. The first kappa shape index (κ1) is 120. The van der Waals surface area contributed by atoms with Gasteiger partial charge in [0.1, 0.15) is 0 Å². The molecule has 0 spiro atoms. The standard InChI is InChI=1S/C22H16N.C21H12F2N.C16H12NO.C16H12N.C15H9FN.5C5H8O2.5Ir/c1-16-9-5-6-12-18(16)22-15-20(17-10-3-2-4-11-17)19-13-7-8-14-21(19)23-22;22-15-10-11-17(19(23)12-15)21-13-18(14-6-2-1-3-7-14)16-8-4-5-9-20(16)24-21;18-11-12-4-3-6-14(10-12)16-9-8-13-5-1-2-7-15(13)17-16;1-12-6-2-4-8-14(12)16-11-10-13-7-3-5-9-15(13)17-16;16-13-7-3-2-6-12(13)15-10-9-11-5-1-4-8-14(11)17-15;5*1-4(6)3-5(2)7;;;;;/h2-11,13-15H,1H3;1-10,12-13H;1-5,7-10,18H,11H2;2-7,9-11H,1H3;1-5,7-10H;5*3,6H,1-2H3;;;;;/q5*-1;;;;;;;;;;. The zero-order valence-electron chi connectivity index (χ0n) is 77.9. The van der Waals surface area contributed by atoms with E-state index in [2.05, 4.69) is 149 Å². The second kappa shape index (κ2) is 62.5. The Morgan fingerprint density at radius 1 is 0.295 bits per heavy atom. The zero-order valence-corrected chi connectivity index (χ0v) is 89.9. The predicted octanol–water partition coefficient (Wildman–Crippen LogP) is 27.5. The van der Waals surface area contributed by atoms with Crippen LogP contribution in [0.15, 0.2) is 375 Å². The normalized spacial score (nSPS) is 10.5. The molecular formula is C115H101F3Ir5N5O11-5. The summed E-state index contributed by atoms with van der Waals surface area (Å²) in [7, 11) is 0. The van der Waals surface area contributed by atoms with Crippen LogP contribution in [0.5, 0.6) is 0 Å². The van der Waals surface area contributed by atoms with E-state index in [9.17, 15) is 37.1 Å². The van der Waals surface area contributed by atoms with E-state index in [1.165, 1.54) is 139 Å². The predicted molar refractivity (Wildman–Crippen MR) is 532 cm³/mol. The van der Waals surface area contributed by atoms with Crippen molar-refractivity contribution < 1.29 is 168 Å². The molecule has 0 fully saturated rings. The number of aliphatic hydroxyl groups excluding tert-OH is 6. The van der Waals surface area contributed by atoms with Crippen molar-refractivity contribution in [2.24, 2.45) is 0 Å². The number of aromatic nitrogens is 5. The average Bonchev–Trinajstić information content (AvgIpc) is 0.755. The van der Waals surface area contributed by atoms with E-state index in [0.717, 1.165) is 106 Å². The van der Waals surface area contributed by atoms with E-state index in [-0.39, 0.29) is 176 Å². The molecule has 16 nitrogen and oxygen atoms in total. The molecule has 0 aliphatic rings. The molecule has 0 saturated heterocycles. The maximum absolute atomic E-state index is 14.2. The van der Waals surface area contributed by atoms with Crippen LogP contribution < -0.4 is 0 Å². The molecule has 0 saturated carbocycles. The molecule has 17 aromatic rings. The van der Waals surface area contributed by atoms with Gasteiger partial charge in [0.2, 0.25) is 0 Å². The van der Waals surface area contributed by atoms with Gasteiger partial charge < -0.3 is 30.6 Å². The smallest absolute Gasteiger partial charge is 0.155 e. The first-order chi connectivity index (χ1) is 64.2. The van der Waals surface area contributed by atoms with Crippen LogP contribution in [0.1, 0.15) is 85.9 Å². The van der Waals surface area contributed by atoms with Crippen LogP contribution in [0.25, 0.3) is 133 Å². The fraction of sp³-hybridized carbons (Fsp3) is 0.113. The molecule has 0 unspecified atom stereocenters. The minimum atomic E-state index is -0.670. The van der Waals surface area contributed by atoms with Gasteiger partial charge in [0.05, 0.1) is 63.0 Å². The number of aryl methyl sites for hydroxylation is 2. The van der Waals surface area contributed by atoms with Gasteiger partial charge in [0.15, 0.2) is 28.9 Å². The van der Waals surface area contributed by atoms with Crippen LogP contribution in [0, 0.1) is 61.6 Å². The number of ketones is 5. The Morgan fingerprint density at radius 3 is 0.957 bits per heavy atom. The van der Waals surface area contributed by atoms with Crippen molar-refractivity contribution in [3.05, 3.63) is 439 Å². The van der Waals surface area contributed by atoms with Crippen molar-refractivity contribution in [1.82, 2.24) is 24.9 Å². The van der Waals surface area contributed by atoms with E-state index < -0.39 is 11.6 Å². The summed E-state index contributed by atoms with van der Waals surface area (Å²) < 4.78 is 40.9. The Bertz CT molecular complexity index is 6780. The van der Waals surface area contributed by atoms with Crippen molar-refractivity contribution in [2.75, 3.05) is 0 Å². The van der Waals surface area contributed by atoms with Crippen LogP contribution in [0.4, 0.5) is 13.2 Å². The quantitative estimate of drug-likeness (QED) is 0.0356.